The van der Waals surface area contributed by atoms with Crippen LogP contribution in [0.1, 0.15) is 5.56 Å². The van der Waals surface area contributed by atoms with Gasteiger partial charge in [0.15, 0.2) is 12.1 Å². The van der Waals surface area contributed by atoms with E-state index in [0.29, 0.717) is 33.6 Å². The van der Waals surface area contributed by atoms with Crippen molar-refractivity contribution in [1.82, 2.24) is 4.90 Å². The van der Waals surface area contributed by atoms with Gasteiger partial charge in [-0.2, -0.15) is 10.2 Å². The van der Waals surface area contributed by atoms with Crippen LogP contribution in [0.25, 0.3) is 0 Å². The number of hydrogen-bond acceptors (Lipinski definition) is 5. The molecule has 0 saturated carbocycles. The molecular weight excluding hydrogens is 552 g/mol. The number of nitriles is 1. The Morgan fingerprint density at radius 3 is 2.72 bits per heavy atom. The lowest BCUT2D eigenvalue weighted by Crippen LogP contribution is -2.63. The molecular formula is C21H15ClFIN5O3+. The Bertz CT molecular complexity index is 1250. The third kappa shape index (κ3) is 2.96. The average Bonchev–Trinajstić information content (AvgIpc) is 3.39. The number of rotatable bonds is 3. The Kier molecular flexibility index (Phi) is 4.97. The molecule has 162 valence electrons. The molecule has 4 atom stereocenters. The van der Waals surface area contributed by atoms with E-state index in [2.05, 4.69) is 11.4 Å². The van der Waals surface area contributed by atoms with E-state index >= 15 is 0 Å². The number of fused-ring (bicyclic) bond motifs is 1. The van der Waals surface area contributed by atoms with Crippen LogP contribution in [0.2, 0.25) is 5.02 Å². The fraction of sp³-hybridized carbons (Fsp3) is 0.238. The molecule has 4 amide bonds. The molecule has 0 radical (unpaired) electrons. The molecule has 3 heterocycles. The fourth-order valence-electron chi connectivity index (χ4n) is 4.81. The highest BCUT2D eigenvalue weighted by Gasteiger charge is 2.73. The van der Waals surface area contributed by atoms with Gasteiger partial charge in [0.25, 0.3) is 11.8 Å². The van der Waals surface area contributed by atoms with Crippen molar-refractivity contribution < 1.29 is 23.3 Å². The second-order valence-electron chi connectivity index (χ2n) is 7.99. The minimum Gasteiger partial charge on any atom is -0.321 e. The molecule has 1 N–H and O–H groups in total. The minimum atomic E-state index is -0.795. The monoisotopic (exact) mass is 566 g/mol. The van der Waals surface area contributed by atoms with Crippen LogP contribution in [0.5, 0.6) is 0 Å². The first-order valence-electron chi connectivity index (χ1n) is 9.70. The van der Waals surface area contributed by atoms with E-state index in [1.54, 1.807) is 18.2 Å². The maximum atomic E-state index is 13.6. The van der Waals surface area contributed by atoms with E-state index in [1.807, 2.05) is 27.5 Å². The van der Waals surface area contributed by atoms with Crippen LogP contribution in [0, 0.1) is 20.7 Å². The third-order valence-corrected chi connectivity index (χ3v) is 7.46. The van der Waals surface area contributed by atoms with Crippen molar-refractivity contribution in [2.45, 2.75) is 12.1 Å². The molecule has 32 heavy (non-hydrogen) atoms. The van der Waals surface area contributed by atoms with Crippen LogP contribution in [-0.2, 0) is 9.59 Å². The number of imide groups is 1. The highest BCUT2D eigenvalue weighted by Crippen LogP contribution is 2.43. The SMILES string of the molecule is N#Cc1ccc(N2C(=O)C3C[N@]4CC(C(=O)Nc5ccc(F)c(Cl)c5)[N+]3(C4)C2=O)cc1I. The average molecular weight is 567 g/mol. The lowest BCUT2D eigenvalue weighted by Gasteiger charge is -2.32. The van der Waals surface area contributed by atoms with Gasteiger partial charge in [0, 0.05) is 9.26 Å². The maximum absolute atomic E-state index is 13.6. The summed E-state index contributed by atoms with van der Waals surface area (Å²) in [7, 11) is 0. The molecule has 3 saturated heterocycles. The molecule has 11 heteroatoms. The Balaban J connectivity index is 1.47. The summed E-state index contributed by atoms with van der Waals surface area (Å²) in [6, 6.07) is 8.73. The van der Waals surface area contributed by atoms with Crippen LogP contribution in [-0.4, -0.2) is 59.1 Å². The Morgan fingerprint density at radius 1 is 1.25 bits per heavy atom. The van der Waals surface area contributed by atoms with Gasteiger partial charge in [-0.1, -0.05) is 11.6 Å². The number of hydrogen-bond donors (Lipinski definition) is 1. The number of anilines is 2. The molecule has 3 aliphatic heterocycles. The Labute approximate surface area is 200 Å². The molecule has 0 aromatic heterocycles. The van der Waals surface area contributed by atoms with Crippen LogP contribution < -0.4 is 10.2 Å². The Hall–Kier alpha value is -2.59. The van der Waals surface area contributed by atoms with Crippen molar-refractivity contribution in [1.29, 1.82) is 5.26 Å². The molecule has 3 unspecified atom stereocenters. The topological polar surface area (TPSA) is 93.5 Å². The van der Waals surface area contributed by atoms with Crippen molar-refractivity contribution in [3.05, 3.63) is 56.4 Å². The molecule has 2 aromatic carbocycles. The molecule has 3 aliphatic rings. The van der Waals surface area contributed by atoms with Crippen molar-refractivity contribution in [3.8, 4) is 6.07 Å². The molecule has 2 bridgehead atoms. The summed E-state index contributed by atoms with van der Waals surface area (Å²) in [5.74, 6) is -1.40. The fourth-order valence-corrected chi connectivity index (χ4v) is 5.61. The number of nitrogens with one attached hydrogen (secondary N) is 1. The minimum absolute atomic E-state index is 0.126. The van der Waals surface area contributed by atoms with E-state index in [4.69, 9.17) is 16.9 Å². The molecule has 8 nitrogen and oxygen atoms in total. The normalized spacial score (nSPS) is 28.1. The van der Waals surface area contributed by atoms with Gasteiger partial charge >= 0.3 is 6.03 Å². The zero-order chi connectivity index (χ0) is 22.8. The standard InChI is InChI=1S/C21H14ClFIN5O3/c22-14-5-12(2-4-15(14)23)26-19(30)17-8-27-9-18-20(31)28(21(32)29(17,18)10-27)13-3-1-11(7-25)16(24)6-13/h1-6,17-18H,8-10H2/p+1. The number of carbonyl (C=O) groups is 3. The summed E-state index contributed by atoms with van der Waals surface area (Å²) in [5, 5.41) is 11.7. The quantitative estimate of drug-likeness (QED) is 0.350. The zero-order valence-electron chi connectivity index (χ0n) is 16.4. The molecule has 0 aliphatic carbocycles. The molecule has 2 aromatic rings. The van der Waals surface area contributed by atoms with Gasteiger partial charge < -0.3 is 5.32 Å². The smallest absolute Gasteiger partial charge is 0.321 e. The summed E-state index contributed by atoms with van der Waals surface area (Å²) in [6.07, 6.45) is 0. The van der Waals surface area contributed by atoms with Crippen molar-refractivity contribution in [3.63, 3.8) is 0 Å². The predicted octanol–water partition coefficient (Wildman–Crippen LogP) is 2.90. The van der Waals surface area contributed by atoms with Crippen molar-refractivity contribution in [2.75, 3.05) is 30.0 Å². The number of piperazine rings is 1. The number of nitrogens with zero attached hydrogens (tertiary/aromatic N) is 4. The van der Waals surface area contributed by atoms with Gasteiger partial charge in [0.1, 0.15) is 18.6 Å². The first-order chi connectivity index (χ1) is 15.3. The Morgan fingerprint density at radius 2 is 2.03 bits per heavy atom. The number of halogens is 3. The zero-order valence-corrected chi connectivity index (χ0v) is 19.3. The van der Waals surface area contributed by atoms with Gasteiger partial charge in [-0.25, -0.2) is 18.6 Å². The van der Waals surface area contributed by atoms with Crippen LogP contribution in [0.15, 0.2) is 36.4 Å². The largest absolute Gasteiger partial charge is 0.433 e. The van der Waals surface area contributed by atoms with E-state index < -0.39 is 29.8 Å². The van der Waals surface area contributed by atoms with E-state index in [-0.39, 0.29) is 22.1 Å². The number of quaternary nitrogens is 1. The number of amides is 4. The molecule has 1 spiro atoms. The highest BCUT2D eigenvalue weighted by atomic mass is 127. The second-order valence-corrected chi connectivity index (χ2v) is 9.56. The number of benzene rings is 2. The summed E-state index contributed by atoms with van der Waals surface area (Å²) in [5.41, 5.74) is 1.14. The molecule has 3 fully saturated rings. The summed E-state index contributed by atoms with van der Waals surface area (Å²) in [6.45, 7) is 0.983. The van der Waals surface area contributed by atoms with E-state index in [9.17, 15) is 18.8 Å². The summed E-state index contributed by atoms with van der Waals surface area (Å²) < 4.78 is 13.8. The van der Waals surface area contributed by atoms with Gasteiger partial charge in [-0.3, -0.25) is 9.59 Å². The summed E-state index contributed by atoms with van der Waals surface area (Å²) in [4.78, 5) is 43.1. The maximum Gasteiger partial charge on any atom is 0.433 e. The van der Waals surface area contributed by atoms with Gasteiger partial charge in [0.05, 0.1) is 29.4 Å². The highest BCUT2D eigenvalue weighted by molar-refractivity contribution is 14.1. The van der Waals surface area contributed by atoms with Crippen LogP contribution in [0.3, 0.4) is 0 Å². The van der Waals surface area contributed by atoms with Gasteiger partial charge in [0.2, 0.25) is 0 Å². The summed E-state index contributed by atoms with van der Waals surface area (Å²) >= 11 is 7.79. The van der Waals surface area contributed by atoms with E-state index in [0.717, 1.165) is 11.0 Å². The lowest BCUT2D eigenvalue weighted by molar-refractivity contribution is -0.852. The first-order valence-corrected chi connectivity index (χ1v) is 11.2. The number of urea groups is 1. The van der Waals surface area contributed by atoms with Crippen molar-refractivity contribution >= 4 is 63.4 Å². The van der Waals surface area contributed by atoms with Crippen LogP contribution >= 0.6 is 34.2 Å². The molecule has 5 rings (SSSR count). The number of carbonyl (C=O) groups excluding carboxylic acids is 3. The first kappa shape index (κ1) is 21.3. The van der Waals surface area contributed by atoms with Crippen LogP contribution in [0.4, 0.5) is 20.6 Å². The third-order valence-electron chi connectivity index (χ3n) is 6.28. The van der Waals surface area contributed by atoms with E-state index in [1.165, 1.54) is 12.1 Å². The predicted molar refractivity (Wildman–Crippen MR) is 121 cm³/mol. The second kappa shape index (κ2) is 7.48. The van der Waals surface area contributed by atoms with Crippen molar-refractivity contribution in [2.24, 2.45) is 0 Å². The van der Waals surface area contributed by atoms with Gasteiger partial charge in [-0.15, -0.1) is 0 Å². The lowest BCUT2D eigenvalue weighted by atomic mass is 10.1. The van der Waals surface area contributed by atoms with Gasteiger partial charge in [-0.05, 0) is 59.0 Å².